The van der Waals surface area contributed by atoms with Gasteiger partial charge < -0.3 is 4.57 Å². The van der Waals surface area contributed by atoms with Crippen LogP contribution in [0.15, 0.2) is 54.9 Å². The minimum absolute atomic E-state index is 0.828. The fraction of sp³-hybridized carbons (Fsp3) is 0.235. The summed E-state index contributed by atoms with van der Waals surface area (Å²) < 4.78 is 2.23. The molecule has 110 valence electrons. The molecule has 3 heterocycles. The van der Waals surface area contributed by atoms with Crippen molar-refractivity contribution in [1.82, 2.24) is 24.6 Å². The fourth-order valence-corrected chi connectivity index (χ4v) is 2.89. The molecule has 4 rings (SSSR count). The second-order valence-corrected chi connectivity index (χ2v) is 5.53. The molecule has 0 N–H and O–H groups in total. The number of aromatic nitrogens is 4. The molecule has 5 heteroatoms. The van der Waals surface area contributed by atoms with Crippen LogP contribution in [0.5, 0.6) is 0 Å². The summed E-state index contributed by atoms with van der Waals surface area (Å²) in [6, 6.07) is 14.4. The Morgan fingerprint density at radius 1 is 0.955 bits per heavy atom. The maximum atomic E-state index is 4.38. The lowest BCUT2D eigenvalue weighted by Crippen LogP contribution is -2.33. The lowest BCUT2D eigenvalue weighted by atomic mass is 10.2. The molecule has 0 spiro atoms. The van der Waals surface area contributed by atoms with Gasteiger partial charge in [0.15, 0.2) is 5.82 Å². The molecule has 2 aromatic heterocycles. The molecule has 3 aromatic rings. The summed E-state index contributed by atoms with van der Waals surface area (Å²) in [4.78, 5) is 6.56. The van der Waals surface area contributed by atoms with Crippen LogP contribution in [0.3, 0.4) is 0 Å². The second kappa shape index (κ2) is 5.69. The smallest absolute Gasteiger partial charge is 0.164 e. The lowest BCUT2D eigenvalue weighted by molar-refractivity contribution is 0.209. The van der Waals surface area contributed by atoms with Gasteiger partial charge in [0, 0.05) is 37.6 Å². The Hall–Kier alpha value is -2.53. The van der Waals surface area contributed by atoms with Crippen molar-refractivity contribution in [2.45, 2.75) is 19.6 Å². The van der Waals surface area contributed by atoms with Crippen molar-refractivity contribution in [3.63, 3.8) is 0 Å². The molecule has 0 bridgehead atoms. The van der Waals surface area contributed by atoms with Crippen LogP contribution < -0.4 is 0 Å². The molecule has 22 heavy (non-hydrogen) atoms. The van der Waals surface area contributed by atoms with Crippen molar-refractivity contribution in [3.8, 4) is 11.4 Å². The van der Waals surface area contributed by atoms with Crippen molar-refractivity contribution in [1.29, 1.82) is 0 Å². The summed E-state index contributed by atoms with van der Waals surface area (Å²) in [6.45, 7) is 3.66. The normalized spacial score (nSPS) is 14.7. The van der Waals surface area contributed by atoms with Gasteiger partial charge in [0.2, 0.25) is 0 Å². The third-order valence-corrected chi connectivity index (χ3v) is 3.99. The summed E-state index contributed by atoms with van der Waals surface area (Å²) in [5, 5.41) is 8.76. The van der Waals surface area contributed by atoms with Gasteiger partial charge in [0.1, 0.15) is 5.82 Å². The highest BCUT2D eigenvalue weighted by atomic mass is 15.3. The molecule has 0 atom stereocenters. The maximum Gasteiger partial charge on any atom is 0.164 e. The fourth-order valence-electron chi connectivity index (χ4n) is 2.89. The van der Waals surface area contributed by atoms with Crippen LogP contribution in [-0.4, -0.2) is 31.2 Å². The number of hydrogen-bond acceptors (Lipinski definition) is 4. The number of nitrogens with zero attached hydrogens (tertiary/aromatic N) is 5. The van der Waals surface area contributed by atoms with Crippen LogP contribution in [0, 0.1) is 0 Å². The van der Waals surface area contributed by atoms with Crippen molar-refractivity contribution in [2.24, 2.45) is 0 Å². The molecule has 0 saturated carbocycles. The van der Waals surface area contributed by atoms with E-state index in [0.717, 1.165) is 43.4 Å². The third-order valence-electron chi connectivity index (χ3n) is 3.99. The zero-order valence-electron chi connectivity index (χ0n) is 12.3. The van der Waals surface area contributed by atoms with Crippen molar-refractivity contribution in [2.75, 3.05) is 6.54 Å². The molecular formula is C17H17N5. The van der Waals surface area contributed by atoms with E-state index >= 15 is 0 Å². The molecule has 0 radical (unpaired) electrons. The van der Waals surface area contributed by atoms with Gasteiger partial charge in [-0.25, -0.2) is 0 Å². The van der Waals surface area contributed by atoms with Crippen LogP contribution >= 0.6 is 0 Å². The van der Waals surface area contributed by atoms with Gasteiger partial charge in [0.25, 0.3) is 0 Å². The predicted octanol–water partition coefficient (Wildman–Crippen LogP) is 2.36. The lowest BCUT2D eigenvalue weighted by Gasteiger charge is -2.27. The summed E-state index contributed by atoms with van der Waals surface area (Å²) in [7, 11) is 0. The molecule has 1 aliphatic heterocycles. The third kappa shape index (κ3) is 2.51. The largest absolute Gasteiger partial charge is 0.309 e. The Kier molecular flexibility index (Phi) is 3.40. The Morgan fingerprint density at radius 3 is 2.68 bits per heavy atom. The topological polar surface area (TPSA) is 46.8 Å². The first-order valence-corrected chi connectivity index (χ1v) is 7.49. The number of fused-ring (bicyclic) bond motifs is 1. The van der Waals surface area contributed by atoms with Gasteiger partial charge in [-0.05, 0) is 11.6 Å². The maximum absolute atomic E-state index is 4.38. The summed E-state index contributed by atoms with van der Waals surface area (Å²) >= 11 is 0. The van der Waals surface area contributed by atoms with Gasteiger partial charge in [-0.1, -0.05) is 36.4 Å². The van der Waals surface area contributed by atoms with Gasteiger partial charge in [-0.15, -0.1) is 10.2 Å². The predicted molar refractivity (Wildman–Crippen MR) is 83.8 cm³/mol. The highest BCUT2D eigenvalue weighted by molar-refractivity contribution is 5.55. The molecule has 5 nitrogen and oxygen atoms in total. The summed E-state index contributed by atoms with van der Waals surface area (Å²) in [5.74, 6) is 2.01. The Labute approximate surface area is 129 Å². The first kappa shape index (κ1) is 13.2. The van der Waals surface area contributed by atoms with E-state index in [1.54, 1.807) is 0 Å². The van der Waals surface area contributed by atoms with Crippen LogP contribution in [0.2, 0.25) is 0 Å². The molecule has 0 aliphatic carbocycles. The zero-order valence-corrected chi connectivity index (χ0v) is 12.3. The van der Waals surface area contributed by atoms with Crippen LogP contribution in [0.25, 0.3) is 11.4 Å². The number of benzene rings is 1. The molecular weight excluding hydrogens is 274 g/mol. The van der Waals surface area contributed by atoms with E-state index in [1.807, 2.05) is 36.7 Å². The Balaban J connectivity index is 1.54. The van der Waals surface area contributed by atoms with E-state index < -0.39 is 0 Å². The second-order valence-electron chi connectivity index (χ2n) is 5.53. The summed E-state index contributed by atoms with van der Waals surface area (Å²) in [6.07, 6.45) is 3.73. The van der Waals surface area contributed by atoms with Gasteiger partial charge in [-0.2, -0.15) is 0 Å². The van der Waals surface area contributed by atoms with E-state index in [4.69, 9.17) is 0 Å². The molecule has 1 aliphatic rings. The SMILES string of the molecule is c1ccc(-c2nnc3n2CCN(Cc2cccnc2)C3)cc1. The molecule has 0 fully saturated rings. The van der Waals surface area contributed by atoms with Crippen molar-refractivity contribution >= 4 is 0 Å². The Bertz CT molecular complexity index is 751. The Morgan fingerprint density at radius 2 is 1.86 bits per heavy atom. The van der Waals surface area contributed by atoms with Gasteiger partial charge in [0.05, 0.1) is 6.54 Å². The van der Waals surface area contributed by atoms with E-state index in [2.05, 4.69) is 42.8 Å². The highest BCUT2D eigenvalue weighted by Gasteiger charge is 2.21. The molecule has 0 saturated heterocycles. The van der Waals surface area contributed by atoms with Crippen LogP contribution in [-0.2, 0) is 19.6 Å². The first-order valence-electron chi connectivity index (χ1n) is 7.49. The van der Waals surface area contributed by atoms with Crippen molar-refractivity contribution in [3.05, 3.63) is 66.2 Å². The summed E-state index contributed by atoms with van der Waals surface area (Å²) in [5.41, 5.74) is 2.36. The molecule has 0 amide bonds. The molecule has 0 unspecified atom stereocenters. The highest BCUT2D eigenvalue weighted by Crippen LogP contribution is 2.22. The van der Waals surface area contributed by atoms with Gasteiger partial charge >= 0.3 is 0 Å². The van der Waals surface area contributed by atoms with Crippen LogP contribution in [0.1, 0.15) is 11.4 Å². The number of pyridine rings is 1. The quantitative estimate of drug-likeness (QED) is 0.743. The first-order chi connectivity index (χ1) is 10.9. The van der Waals surface area contributed by atoms with E-state index in [9.17, 15) is 0 Å². The van der Waals surface area contributed by atoms with Gasteiger partial charge in [-0.3, -0.25) is 9.88 Å². The van der Waals surface area contributed by atoms with Crippen LogP contribution in [0.4, 0.5) is 0 Å². The minimum Gasteiger partial charge on any atom is -0.309 e. The number of hydrogen-bond donors (Lipinski definition) is 0. The average molecular weight is 291 g/mol. The average Bonchev–Trinajstić information content (AvgIpc) is 3.00. The van der Waals surface area contributed by atoms with E-state index in [1.165, 1.54) is 5.56 Å². The van der Waals surface area contributed by atoms with E-state index in [-0.39, 0.29) is 0 Å². The minimum atomic E-state index is 0.828. The monoisotopic (exact) mass is 291 g/mol. The number of rotatable bonds is 3. The molecule has 1 aromatic carbocycles. The van der Waals surface area contributed by atoms with E-state index in [0.29, 0.717) is 0 Å². The standard InChI is InChI=1S/C17H17N5/c1-2-6-15(7-3-1)17-20-19-16-13-21(9-10-22(16)17)12-14-5-4-8-18-11-14/h1-8,11H,9-10,12-13H2. The van der Waals surface area contributed by atoms with Crippen molar-refractivity contribution < 1.29 is 0 Å². The zero-order chi connectivity index (χ0) is 14.8.